The van der Waals surface area contributed by atoms with Crippen LogP contribution >= 0.6 is 0 Å². The number of rotatable bonds is 2. The minimum absolute atomic E-state index is 0.0564. The van der Waals surface area contributed by atoms with Crippen LogP contribution in [-0.4, -0.2) is 62.4 Å². The van der Waals surface area contributed by atoms with Gasteiger partial charge in [-0.2, -0.15) is 5.10 Å². The van der Waals surface area contributed by atoms with E-state index < -0.39 is 0 Å². The van der Waals surface area contributed by atoms with Gasteiger partial charge in [-0.05, 0) is 25.3 Å². The Bertz CT molecular complexity index is 801. The monoisotopic (exact) mass is 341 g/mol. The molecule has 0 aromatic carbocycles. The Labute approximate surface area is 146 Å². The van der Waals surface area contributed by atoms with E-state index >= 15 is 0 Å². The fraction of sp³-hybridized carbons (Fsp3) is 0.556. The Balaban J connectivity index is 1.41. The molecule has 25 heavy (non-hydrogen) atoms. The third kappa shape index (κ3) is 2.99. The first-order valence-electron chi connectivity index (χ1n) is 9.01. The van der Waals surface area contributed by atoms with E-state index in [0.29, 0.717) is 24.3 Å². The number of nitrogens with zero attached hydrogens (tertiary/aromatic N) is 5. The lowest BCUT2D eigenvalue weighted by atomic mass is 9.97. The summed E-state index contributed by atoms with van der Waals surface area (Å²) >= 11 is 0. The summed E-state index contributed by atoms with van der Waals surface area (Å²) in [6, 6.07) is 0. The second-order valence-electron chi connectivity index (χ2n) is 7.10. The fourth-order valence-corrected chi connectivity index (χ4v) is 3.64. The van der Waals surface area contributed by atoms with Crippen LogP contribution in [0.25, 0.3) is 5.65 Å². The zero-order chi connectivity index (χ0) is 17.4. The average molecular weight is 341 g/mol. The number of amides is 2. The van der Waals surface area contributed by atoms with E-state index in [-0.39, 0.29) is 17.7 Å². The first kappa shape index (κ1) is 16.1. The molecule has 0 bridgehead atoms. The molecule has 2 aliphatic heterocycles. The van der Waals surface area contributed by atoms with Crippen molar-refractivity contribution in [3.05, 3.63) is 29.7 Å². The van der Waals surface area contributed by atoms with E-state index in [4.69, 9.17) is 0 Å². The summed E-state index contributed by atoms with van der Waals surface area (Å²) in [6.45, 7) is 4.65. The highest BCUT2D eigenvalue weighted by atomic mass is 16.2. The molecular formula is C18H23N5O2. The van der Waals surface area contributed by atoms with Gasteiger partial charge in [-0.15, -0.1) is 0 Å². The highest BCUT2D eigenvalue weighted by Crippen LogP contribution is 2.23. The first-order valence-corrected chi connectivity index (χ1v) is 9.01. The average Bonchev–Trinajstić information content (AvgIpc) is 2.78. The SMILES string of the molecule is Cc1cnc2c(C(=O)N3CC(C(=O)N4CCCCCC4)C3)cnn2c1. The van der Waals surface area contributed by atoms with Crippen LogP contribution in [0.4, 0.5) is 0 Å². The predicted molar refractivity (Wildman–Crippen MR) is 92.2 cm³/mol. The summed E-state index contributed by atoms with van der Waals surface area (Å²) in [4.78, 5) is 33.3. The van der Waals surface area contributed by atoms with Crippen LogP contribution in [0.2, 0.25) is 0 Å². The summed E-state index contributed by atoms with van der Waals surface area (Å²) in [5.41, 5.74) is 2.06. The molecule has 0 saturated carbocycles. The molecule has 2 saturated heterocycles. The van der Waals surface area contributed by atoms with Gasteiger partial charge in [0.1, 0.15) is 5.56 Å². The largest absolute Gasteiger partial charge is 0.342 e. The molecule has 0 spiro atoms. The number of hydrogen-bond acceptors (Lipinski definition) is 4. The van der Waals surface area contributed by atoms with Crippen LogP contribution in [0, 0.1) is 12.8 Å². The summed E-state index contributed by atoms with van der Waals surface area (Å²) in [7, 11) is 0. The molecule has 0 radical (unpaired) electrons. The maximum absolute atomic E-state index is 12.7. The number of carbonyl (C=O) groups is 2. The molecule has 2 fully saturated rings. The van der Waals surface area contributed by atoms with Gasteiger partial charge in [0.25, 0.3) is 5.91 Å². The van der Waals surface area contributed by atoms with E-state index in [1.807, 2.05) is 18.0 Å². The number of likely N-dealkylation sites (tertiary alicyclic amines) is 2. The molecular weight excluding hydrogens is 318 g/mol. The van der Waals surface area contributed by atoms with Crippen molar-refractivity contribution in [1.82, 2.24) is 24.4 Å². The van der Waals surface area contributed by atoms with Crippen molar-refractivity contribution in [2.24, 2.45) is 5.92 Å². The molecule has 7 heteroatoms. The highest BCUT2D eigenvalue weighted by molar-refractivity contribution is 6.00. The summed E-state index contributed by atoms with van der Waals surface area (Å²) in [5, 5.41) is 4.21. The Kier molecular flexibility index (Phi) is 4.15. The van der Waals surface area contributed by atoms with E-state index in [2.05, 4.69) is 10.1 Å². The van der Waals surface area contributed by atoms with Crippen LogP contribution in [0.5, 0.6) is 0 Å². The van der Waals surface area contributed by atoms with Crippen molar-refractivity contribution < 1.29 is 9.59 Å². The molecule has 2 aliphatic rings. The maximum Gasteiger partial charge on any atom is 0.259 e. The zero-order valence-corrected chi connectivity index (χ0v) is 14.5. The summed E-state index contributed by atoms with van der Waals surface area (Å²) < 4.78 is 1.63. The van der Waals surface area contributed by atoms with Crippen molar-refractivity contribution >= 4 is 17.5 Å². The number of hydrogen-bond donors (Lipinski definition) is 0. The number of aromatic nitrogens is 3. The molecule has 2 aromatic rings. The summed E-state index contributed by atoms with van der Waals surface area (Å²) in [6.07, 6.45) is 9.74. The molecule has 2 aromatic heterocycles. The Morgan fingerprint density at radius 3 is 2.48 bits per heavy atom. The van der Waals surface area contributed by atoms with Crippen LogP contribution < -0.4 is 0 Å². The van der Waals surface area contributed by atoms with Gasteiger partial charge in [0, 0.05) is 38.6 Å². The second-order valence-corrected chi connectivity index (χ2v) is 7.10. The van der Waals surface area contributed by atoms with Crippen LogP contribution in [0.15, 0.2) is 18.6 Å². The van der Waals surface area contributed by atoms with Crippen molar-refractivity contribution in [1.29, 1.82) is 0 Å². The third-order valence-electron chi connectivity index (χ3n) is 5.15. The van der Waals surface area contributed by atoms with Gasteiger partial charge in [0.05, 0.1) is 12.1 Å². The van der Waals surface area contributed by atoms with Gasteiger partial charge in [0.2, 0.25) is 5.91 Å². The molecule has 132 valence electrons. The fourth-order valence-electron chi connectivity index (χ4n) is 3.64. The molecule has 0 atom stereocenters. The quantitative estimate of drug-likeness (QED) is 0.830. The third-order valence-corrected chi connectivity index (χ3v) is 5.15. The molecule has 7 nitrogen and oxygen atoms in total. The van der Waals surface area contributed by atoms with Crippen LogP contribution in [0.1, 0.15) is 41.6 Å². The first-order chi connectivity index (χ1) is 12.1. The smallest absolute Gasteiger partial charge is 0.259 e. The van der Waals surface area contributed by atoms with Crippen molar-refractivity contribution in [2.45, 2.75) is 32.6 Å². The Morgan fingerprint density at radius 2 is 1.76 bits per heavy atom. The summed E-state index contributed by atoms with van der Waals surface area (Å²) in [5.74, 6) is 0.0601. The predicted octanol–water partition coefficient (Wildman–Crippen LogP) is 1.51. The minimum Gasteiger partial charge on any atom is -0.342 e. The van der Waals surface area contributed by atoms with Crippen molar-refractivity contribution in [2.75, 3.05) is 26.2 Å². The van der Waals surface area contributed by atoms with Crippen LogP contribution in [-0.2, 0) is 4.79 Å². The maximum atomic E-state index is 12.7. The highest BCUT2D eigenvalue weighted by Gasteiger charge is 2.39. The molecule has 2 amide bonds. The molecule has 4 heterocycles. The molecule has 4 rings (SSSR count). The normalized spacial score (nSPS) is 18.9. The van der Waals surface area contributed by atoms with E-state index in [1.54, 1.807) is 21.8 Å². The minimum atomic E-state index is -0.0914. The standard InChI is InChI=1S/C18H23N5O2/c1-13-8-19-16-15(9-20-23(16)10-13)18(25)22-11-14(12-22)17(24)21-6-4-2-3-5-7-21/h8-10,14H,2-7,11-12H2,1H3. The van der Waals surface area contributed by atoms with Gasteiger partial charge >= 0.3 is 0 Å². The van der Waals surface area contributed by atoms with Gasteiger partial charge in [-0.3, -0.25) is 9.59 Å². The van der Waals surface area contributed by atoms with Crippen molar-refractivity contribution in [3.63, 3.8) is 0 Å². The van der Waals surface area contributed by atoms with Gasteiger partial charge in [0.15, 0.2) is 5.65 Å². The van der Waals surface area contributed by atoms with Gasteiger partial charge in [-0.25, -0.2) is 9.50 Å². The molecule has 0 unspecified atom stereocenters. The van der Waals surface area contributed by atoms with E-state index in [0.717, 1.165) is 31.5 Å². The van der Waals surface area contributed by atoms with E-state index in [9.17, 15) is 9.59 Å². The lowest BCUT2D eigenvalue weighted by molar-refractivity contribution is -0.139. The Morgan fingerprint density at radius 1 is 1.04 bits per heavy atom. The second kappa shape index (κ2) is 6.46. The molecule has 0 N–H and O–H groups in total. The van der Waals surface area contributed by atoms with Crippen LogP contribution in [0.3, 0.4) is 0 Å². The topological polar surface area (TPSA) is 70.8 Å². The lowest BCUT2D eigenvalue weighted by Crippen LogP contribution is -2.56. The Hall–Kier alpha value is -2.44. The molecule has 0 aliphatic carbocycles. The number of aryl methyl sites for hydroxylation is 1. The lowest BCUT2D eigenvalue weighted by Gasteiger charge is -2.40. The van der Waals surface area contributed by atoms with Gasteiger partial charge < -0.3 is 9.80 Å². The van der Waals surface area contributed by atoms with E-state index in [1.165, 1.54) is 12.8 Å². The number of carbonyl (C=O) groups excluding carboxylic acids is 2. The number of fused-ring (bicyclic) bond motifs is 1. The van der Waals surface area contributed by atoms with Crippen molar-refractivity contribution in [3.8, 4) is 0 Å². The zero-order valence-electron chi connectivity index (χ0n) is 14.5. The van der Waals surface area contributed by atoms with Gasteiger partial charge in [-0.1, -0.05) is 12.8 Å².